The van der Waals surface area contributed by atoms with E-state index >= 15 is 0 Å². The van der Waals surface area contributed by atoms with Gasteiger partial charge >= 0.3 is 0 Å². The molecule has 2 rings (SSSR count). The number of nitrogens with zero attached hydrogens (tertiary/aromatic N) is 1. The summed E-state index contributed by atoms with van der Waals surface area (Å²) in [6.07, 6.45) is 1.53. The lowest BCUT2D eigenvalue weighted by atomic mass is 9.97. The SMILES string of the molecule is NNC(=O)C1CCCN(C(=O)c2ccccc2Cl)C1. The van der Waals surface area contributed by atoms with E-state index in [9.17, 15) is 9.59 Å². The van der Waals surface area contributed by atoms with Gasteiger partial charge in [0.1, 0.15) is 0 Å². The Morgan fingerprint density at radius 3 is 2.79 bits per heavy atom. The lowest BCUT2D eigenvalue weighted by molar-refractivity contribution is -0.126. The normalized spacial score (nSPS) is 19.1. The van der Waals surface area contributed by atoms with Crippen LogP contribution in [0.4, 0.5) is 0 Å². The second-order valence-corrected chi connectivity index (χ2v) is 4.99. The number of hydrogen-bond donors (Lipinski definition) is 2. The number of nitrogens with two attached hydrogens (primary N) is 1. The molecule has 2 amide bonds. The largest absolute Gasteiger partial charge is 0.338 e. The van der Waals surface area contributed by atoms with Crippen LogP contribution in [0.3, 0.4) is 0 Å². The van der Waals surface area contributed by atoms with Gasteiger partial charge in [-0.05, 0) is 25.0 Å². The van der Waals surface area contributed by atoms with Crippen molar-refractivity contribution < 1.29 is 9.59 Å². The number of carbonyl (C=O) groups excluding carboxylic acids is 2. The number of likely N-dealkylation sites (tertiary alicyclic amines) is 1. The number of rotatable bonds is 2. The van der Waals surface area contributed by atoms with Crippen molar-refractivity contribution in [3.8, 4) is 0 Å². The molecule has 3 N–H and O–H groups in total. The molecule has 0 aromatic heterocycles. The molecule has 1 atom stereocenters. The van der Waals surface area contributed by atoms with Gasteiger partial charge in [0, 0.05) is 13.1 Å². The minimum Gasteiger partial charge on any atom is -0.338 e. The molecule has 1 aliphatic rings. The quantitative estimate of drug-likeness (QED) is 0.486. The van der Waals surface area contributed by atoms with Crippen molar-refractivity contribution in [2.24, 2.45) is 11.8 Å². The Hall–Kier alpha value is -1.59. The van der Waals surface area contributed by atoms with E-state index in [4.69, 9.17) is 17.4 Å². The summed E-state index contributed by atoms with van der Waals surface area (Å²) in [7, 11) is 0. The Kier molecular flexibility index (Phi) is 4.39. The van der Waals surface area contributed by atoms with Gasteiger partial charge in [0.2, 0.25) is 5.91 Å². The molecule has 0 aliphatic carbocycles. The highest BCUT2D eigenvalue weighted by atomic mass is 35.5. The first-order chi connectivity index (χ1) is 9.13. The van der Waals surface area contributed by atoms with Crippen LogP contribution in [0, 0.1) is 5.92 Å². The zero-order valence-corrected chi connectivity index (χ0v) is 11.2. The zero-order valence-electron chi connectivity index (χ0n) is 10.4. The fourth-order valence-electron chi connectivity index (χ4n) is 2.30. The molecular weight excluding hydrogens is 266 g/mol. The summed E-state index contributed by atoms with van der Waals surface area (Å²) < 4.78 is 0. The Labute approximate surface area is 116 Å². The van der Waals surface area contributed by atoms with Crippen molar-refractivity contribution in [2.75, 3.05) is 13.1 Å². The van der Waals surface area contributed by atoms with Crippen molar-refractivity contribution in [1.29, 1.82) is 0 Å². The monoisotopic (exact) mass is 281 g/mol. The van der Waals surface area contributed by atoms with Crippen molar-refractivity contribution in [3.05, 3.63) is 34.9 Å². The minimum atomic E-state index is -0.245. The molecule has 1 heterocycles. The third kappa shape index (κ3) is 3.05. The second kappa shape index (κ2) is 6.04. The second-order valence-electron chi connectivity index (χ2n) is 4.58. The van der Waals surface area contributed by atoms with Crippen molar-refractivity contribution in [1.82, 2.24) is 10.3 Å². The summed E-state index contributed by atoms with van der Waals surface area (Å²) in [5.74, 6) is 4.53. The molecule has 1 aromatic carbocycles. The number of benzene rings is 1. The van der Waals surface area contributed by atoms with Gasteiger partial charge in [0.05, 0.1) is 16.5 Å². The summed E-state index contributed by atoms with van der Waals surface area (Å²) >= 11 is 6.02. The molecule has 0 spiro atoms. The summed E-state index contributed by atoms with van der Waals surface area (Å²) in [5, 5.41) is 0.429. The van der Waals surface area contributed by atoms with E-state index in [1.54, 1.807) is 29.2 Å². The maximum Gasteiger partial charge on any atom is 0.255 e. The lowest BCUT2D eigenvalue weighted by Crippen LogP contribution is -2.47. The highest BCUT2D eigenvalue weighted by Gasteiger charge is 2.29. The highest BCUT2D eigenvalue weighted by Crippen LogP contribution is 2.22. The number of hydrazine groups is 1. The summed E-state index contributed by atoms with van der Waals surface area (Å²) in [6, 6.07) is 6.92. The molecule has 1 aliphatic heterocycles. The van der Waals surface area contributed by atoms with Crippen molar-refractivity contribution in [2.45, 2.75) is 12.8 Å². The maximum atomic E-state index is 12.4. The van der Waals surface area contributed by atoms with Gasteiger partial charge in [-0.3, -0.25) is 15.0 Å². The third-order valence-corrected chi connectivity index (χ3v) is 3.66. The van der Waals surface area contributed by atoms with Crippen molar-refractivity contribution >= 4 is 23.4 Å². The van der Waals surface area contributed by atoms with Crippen LogP contribution >= 0.6 is 11.6 Å². The first kappa shape index (κ1) is 13.8. The average Bonchev–Trinajstić information content (AvgIpc) is 2.46. The van der Waals surface area contributed by atoms with Gasteiger partial charge in [-0.25, -0.2) is 5.84 Å². The first-order valence-corrected chi connectivity index (χ1v) is 6.55. The topological polar surface area (TPSA) is 75.4 Å². The van der Waals surface area contributed by atoms with Gasteiger partial charge in [-0.2, -0.15) is 0 Å². The van der Waals surface area contributed by atoms with Crippen LogP contribution in [-0.4, -0.2) is 29.8 Å². The Morgan fingerprint density at radius 1 is 1.37 bits per heavy atom. The molecule has 6 heteroatoms. The molecular formula is C13H16ClN3O2. The average molecular weight is 282 g/mol. The van der Waals surface area contributed by atoms with Crippen LogP contribution in [0.15, 0.2) is 24.3 Å². The number of halogens is 1. The molecule has 1 saturated heterocycles. The van der Waals surface area contributed by atoms with Gasteiger partial charge < -0.3 is 4.90 Å². The van der Waals surface area contributed by atoms with E-state index in [0.29, 0.717) is 23.7 Å². The lowest BCUT2D eigenvalue weighted by Gasteiger charge is -2.31. The van der Waals surface area contributed by atoms with Crippen LogP contribution < -0.4 is 11.3 Å². The molecule has 0 saturated carbocycles. The van der Waals surface area contributed by atoms with Gasteiger partial charge in [-0.1, -0.05) is 23.7 Å². The molecule has 19 heavy (non-hydrogen) atoms. The van der Waals surface area contributed by atoms with E-state index < -0.39 is 0 Å². The molecule has 102 valence electrons. The summed E-state index contributed by atoms with van der Waals surface area (Å²) in [6.45, 7) is 1.02. The predicted octanol–water partition coefficient (Wildman–Crippen LogP) is 1.18. The van der Waals surface area contributed by atoms with Crippen molar-refractivity contribution in [3.63, 3.8) is 0 Å². The smallest absolute Gasteiger partial charge is 0.255 e. The Morgan fingerprint density at radius 2 is 2.11 bits per heavy atom. The van der Waals surface area contributed by atoms with E-state index in [0.717, 1.165) is 12.8 Å². The van der Waals surface area contributed by atoms with Crippen LogP contribution in [-0.2, 0) is 4.79 Å². The molecule has 0 bridgehead atoms. The maximum absolute atomic E-state index is 12.4. The highest BCUT2D eigenvalue weighted by molar-refractivity contribution is 6.33. The fourth-order valence-corrected chi connectivity index (χ4v) is 2.52. The molecule has 1 fully saturated rings. The first-order valence-electron chi connectivity index (χ1n) is 6.17. The van der Waals surface area contributed by atoms with E-state index in [-0.39, 0.29) is 17.7 Å². The number of carbonyl (C=O) groups is 2. The molecule has 0 radical (unpaired) electrons. The van der Waals surface area contributed by atoms with Crippen LogP contribution in [0.2, 0.25) is 5.02 Å². The van der Waals surface area contributed by atoms with E-state index in [1.165, 1.54) is 0 Å². The van der Waals surface area contributed by atoms with Gasteiger partial charge in [-0.15, -0.1) is 0 Å². The predicted molar refractivity (Wildman–Crippen MR) is 72.4 cm³/mol. The fraction of sp³-hybridized carbons (Fsp3) is 0.385. The third-order valence-electron chi connectivity index (χ3n) is 3.33. The van der Waals surface area contributed by atoms with Crippen LogP contribution in [0.5, 0.6) is 0 Å². The Bertz CT molecular complexity index is 493. The minimum absolute atomic E-state index is 0.139. The van der Waals surface area contributed by atoms with E-state index in [2.05, 4.69) is 5.43 Å². The number of hydrogen-bond acceptors (Lipinski definition) is 3. The van der Waals surface area contributed by atoms with Gasteiger partial charge in [0.25, 0.3) is 5.91 Å². The number of piperidine rings is 1. The molecule has 1 aromatic rings. The van der Waals surface area contributed by atoms with Gasteiger partial charge in [0.15, 0.2) is 0 Å². The number of amides is 2. The van der Waals surface area contributed by atoms with E-state index in [1.807, 2.05) is 0 Å². The summed E-state index contributed by atoms with van der Waals surface area (Å²) in [4.78, 5) is 25.6. The van der Waals surface area contributed by atoms with Crippen LogP contribution in [0.25, 0.3) is 0 Å². The van der Waals surface area contributed by atoms with Crippen LogP contribution in [0.1, 0.15) is 23.2 Å². The number of nitrogens with one attached hydrogen (secondary N) is 1. The Balaban J connectivity index is 2.11. The molecule has 5 nitrogen and oxygen atoms in total. The molecule has 1 unspecified atom stereocenters. The zero-order chi connectivity index (χ0) is 13.8. The standard InChI is InChI=1S/C13H16ClN3O2/c14-11-6-2-1-5-10(11)13(19)17-7-3-4-9(8-17)12(18)16-15/h1-2,5-6,9H,3-4,7-8,15H2,(H,16,18). The summed E-state index contributed by atoms with van der Waals surface area (Å²) in [5.41, 5.74) is 2.61.